The number of benzene rings is 1. The second kappa shape index (κ2) is 5.38. The topological polar surface area (TPSA) is 64.3 Å². The van der Waals surface area contributed by atoms with Gasteiger partial charge in [0.15, 0.2) is 0 Å². The van der Waals surface area contributed by atoms with E-state index < -0.39 is 5.97 Å². The maximum atomic E-state index is 11.0. The van der Waals surface area contributed by atoms with E-state index in [0.29, 0.717) is 23.7 Å². The minimum atomic E-state index is -1.03. The standard InChI is InChI=1S/C11H11ClN2O2/c1-14(7-3-6-13)10-8(11(15)16)4-2-5-9(10)12/h2,4-5H,3,7H2,1H3,(H,15,16). The zero-order valence-corrected chi connectivity index (χ0v) is 9.53. The lowest BCUT2D eigenvalue weighted by Crippen LogP contribution is -2.21. The molecule has 0 aliphatic heterocycles. The van der Waals surface area contributed by atoms with Gasteiger partial charge < -0.3 is 10.0 Å². The van der Waals surface area contributed by atoms with Gasteiger partial charge in [-0.2, -0.15) is 5.26 Å². The maximum absolute atomic E-state index is 11.0. The molecule has 84 valence electrons. The second-order valence-electron chi connectivity index (χ2n) is 3.27. The van der Waals surface area contributed by atoms with Gasteiger partial charge in [0, 0.05) is 13.6 Å². The quantitative estimate of drug-likeness (QED) is 0.875. The number of carbonyl (C=O) groups is 1. The van der Waals surface area contributed by atoms with Gasteiger partial charge in [0.25, 0.3) is 0 Å². The highest BCUT2D eigenvalue weighted by Gasteiger charge is 2.16. The van der Waals surface area contributed by atoms with E-state index in [2.05, 4.69) is 0 Å². The molecule has 16 heavy (non-hydrogen) atoms. The summed E-state index contributed by atoms with van der Waals surface area (Å²) in [5.41, 5.74) is 0.597. The average Bonchev–Trinajstić information content (AvgIpc) is 2.25. The molecule has 4 nitrogen and oxygen atoms in total. The first-order valence-electron chi connectivity index (χ1n) is 4.67. The number of carboxylic acids is 1. The fraction of sp³-hybridized carbons (Fsp3) is 0.273. The summed E-state index contributed by atoms with van der Waals surface area (Å²) in [7, 11) is 1.71. The molecule has 1 rings (SSSR count). The monoisotopic (exact) mass is 238 g/mol. The Morgan fingerprint density at radius 2 is 2.31 bits per heavy atom. The fourth-order valence-electron chi connectivity index (χ4n) is 1.41. The second-order valence-corrected chi connectivity index (χ2v) is 3.68. The van der Waals surface area contributed by atoms with Crippen LogP contribution in [-0.2, 0) is 0 Å². The number of para-hydroxylation sites is 1. The van der Waals surface area contributed by atoms with Gasteiger partial charge in [-0.05, 0) is 12.1 Å². The van der Waals surface area contributed by atoms with Gasteiger partial charge in [0.05, 0.1) is 28.8 Å². The number of aromatic carboxylic acids is 1. The number of hydrogen-bond acceptors (Lipinski definition) is 3. The maximum Gasteiger partial charge on any atom is 0.337 e. The van der Waals surface area contributed by atoms with Crippen molar-refractivity contribution in [1.82, 2.24) is 0 Å². The summed E-state index contributed by atoms with van der Waals surface area (Å²) in [5.74, 6) is -1.03. The van der Waals surface area contributed by atoms with Crippen LogP contribution in [0.3, 0.4) is 0 Å². The third kappa shape index (κ3) is 2.65. The molecule has 0 saturated heterocycles. The van der Waals surface area contributed by atoms with E-state index in [1.165, 1.54) is 6.07 Å². The highest BCUT2D eigenvalue weighted by atomic mass is 35.5. The molecule has 5 heteroatoms. The van der Waals surface area contributed by atoms with Crippen molar-refractivity contribution in [1.29, 1.82) is 5.26 Å². The molecule has 0 aliphatic carbocycles. The van der Waals surface area contributed by atoms with Gasteiger partial charge in [-0.25, -0.2) is 4.79 Å². The van der Waals surface area contributed by atoms with Gasteiger partial charge in [0.2, 0.25) is 0 Å². The number of rotatable bonds is 4. The Labute approximate surface area is 98.7 Å². The van der Waals surface area contributed by atoms with E-state index in [9.17, 15) is 4.79 Å². The predicted octanol–water partition coefficient (Wildman–Crippen LogP) is 2.39. The van der Waals surface area contributed by atoms with E-state index in [1.807, 2.05) is 6.07 Å². The molecular formula is C11H11ClN2O2. The highest BCUT2D eigenvalue weighted by Crippen LogP contribution is 2.29. The molecule has 0 aromatic heterocycles. The van der Waals surface area contributed by atoms with Crippen molar-refractivity contribution in [2.24, 2.45) is 0 Å². The number of nitriles is 1. The summed E-state index contributed by atoms with van der Waals surface area (Å²) >= 11 is 5.96. The van der Waals surface area contributed by atoms with Crippen molar-refractivity contribution in [3.05, 3.63) is 28.8 Å². The van der Waals surface area contributed by atoms with Crippen LogP contribution in [-0.4, -0.2) is 24.7 Å². The van der Waals surface area contributed by atoms with Gasteiger partial charge in [-0.1, -0.05) is 17.7 Å². The lowest BCUT2D eigenvalue weighted by Gasteiger charge is -2.21. The van der Waals surface area contributed by atoms with Crippen LogP contribution in [0.15, 0.2) is 18.2 Å². The molecule has 1 N–H and O–H groups in total. The zero-order valence-electron chi connectivity index (χ0n) is 8.77. The third-order valence-electron chi connectivity index (χ3n) is 2.16. The van der Waals surface area contributed by atoms with Crippen LogP contribution in [0.25, 0.3) is 0 Å². The Morgan fingerprint density at radius 3 is 2.88 bits per heavy atom. The van der Waals surface area contributed by atoms with E-state index in [1.54, 1.807) is 24.1 Å². The van der Waals surface area contributed by atoms with Crippen LogP contribution in [0.5, 0.6) is 0 Å². The first-order chi connectivity index (χ1) is 7.57. The average molecular weight is 239 g/mol. The zero-order chi connectivity index (χ0) is 12.1. The predicted molar refractivity (Wildman–Crippen MR) is 61.9 cm³/mol. The smallest absolute Gasteiger partial charge is 0.337 e. The summed E-state index contributed by atoms with van der Waals surface area (Å²) in [4.78, 5) is 12.7. The summed E-state index contributed by atoms with van der Waals surface area (Å²) in [6.45, 7) is 0.445. The summed E-state index contributed by atoms with van der Waals surface area (Å²) < 4.78 is 0. The van der Waals surface area contributed by atoms with Crippen LogP contribution in [0, 0.1) is 11.3 Å². The van der Waals surface area contributed by atoms with Crippen molar-refractivity contribution in [3.63, 3.8) is 0 Å². The van der Waals surface area contributed by atoms with Crippen molar-refractivity contribution in [3.8, 4) is 6.07 Å². The van der Waals surface area contributed by atoms with Crippen molar-refractivity contribution >= 4 is 23.3 Å². The molecule has 0 atom stereocenters. The number of carboxylic acid groups (broad SMARTS) is 1. The third-order valence-corrected chi connectivity index (χ3v) is 2.46. The van der Waals surface area contributed by atoms with Crippen molar-refractivity contribution < 1.29 is 9.90 Å². The van der Waals surface area contributed by atoms with Crippen LogP contribution >= 0.6 is 11.6 Å². The summed E-state index contributed by atoms with van der Waals surface area (Å²) in [5, 5.41) is 17.9. The Hall–Kier alpha value is -1.73. The van der Waals surface area contributed by atoms with Gasteiger partial charge in [0.1, 0.15) is 0 Å². The van der Waals surface area contributed by atoms with Crippen LogP contribution in [0.2, 0.25) is 5.02 Å². The highest BCUT2D eigenvalue weighted by molar-refractivity contribution is 6.34. The summed E-state index contributed by atoms with van der Waals surface area (Å²) in [6, 6.07) is 6.72. The molecule has 0 unspecified atom stereocenters. The largest absolute Gasteiger partial charge is 0.478 e. The molecule has 1 aromatic carbocycles. The summed E-state index contributed by atoms with van der Waals surface area (Å²) in [6.07, 6.45) is 0.320. The Morgan fingerprint density at radius 1 is 1.62 bits per heavy atom. The molecule has 1 aromatic rings. The van der Waals surface area contributed by atoms with E-state index >= 15 is 0 Å². The van der Waals surface area contributed by atoms with Crippen LogP contribution < -0.4 is 4.90 Å². The van der Waals surface area contributed by atoms with Crippen LogP contribution in [0.1, 0.15) is 16.8 Å². The normalized spacial score (nSPS) is 9.56. The molecule has 0 radical (unpaired) electrons. The van der Waals surface area contributed by atoms with E-state index in [-0.39, 0.29) is 5.56 Å². The Kier molecular flexibility index (Phi) is 4.15. The van der Waals surface area contributed by atoms with Gasteiger partial charge >= 0.3 is 5.97 Å². The Balaban J connectivity index is 3.10. The minimum Gasteiger partial charge on any atom is -0.478 e. The number of halogens is 1. The molecule has 0 aliphatic rings. The number of hydrogen-bond donors (Lipinski definition) is 1. The minimum absolute atomic E-state index is 0.146. The molecule has 0 bridgehead atoms. The lowest BCUT2D eigenvalue weighted by atomic mass is 10.1. The van der Waals surface area contributed by atoms with Gasteiger partial charge in [-0.15, -0.1) is 0 Å². The first kappa shape index (κ1) is 12.3. The number of anilines is 1. The molecular weight excluding hydrogens is 228 g/mol. The SMILES string of the molecule is CN(CCC#N)c1c(Cl)cccc1C(=O)O. The van der Waals surface area contributed by atoms with Crippen LogP contribution in [0.4, 0.5) is 5.69 Å². The first-order valence-corrected chi connectivity index (χ1v) is 5.05. The Bertz CT molecular complexity index is 440. The van der Waals surface area contributed by atoms with E-state index in [0.717, 1.165) is 0 Å². The molecule has 0 amide bonds. The molecule has 0 spiro atoms. The van der Waals surface area contributed by atoms with Crippen molar-refractivity contribution in [2.75, 3.05) is 18.5 Å². The van der Waals surface area contributed by atoms with Crippen molar-refractivity contribution in [2.45, 2.75) is 6.42 Å². The van der Waals surface area contributed by atoms with E-state index in [4.69, 9.17) is 22.0 Å². The molecule has 0 heterocycles. The molecule has 0 saturated carbocycles. The lowest BCUT2D eigenvalue weighted by molar-refractivity contribution is 0.0697. The number of nitrogens with zero attached hydrogens (tertiary/aromatic N) is 2. The molecule has 0 fully saturated rings. The fourth-order valence-corrected chi connectivity index (χ4v) is 1.72. The van der Waals surface area contributed by atoms with Gasteiger partial charge in [-0.3, -0.25) is 0 Å².